The molecule has 1 aromatic carbocycles. The van der Waals surface area contributed by atoms with Crippen LogP contribution in [0.25, 0.3) is 0 Å². The van der Waals surface area contributed by atoms with E-state index in [2.05, 4.69) is 11.4 Å². The number of hydrogen-bond donors (Lipinski definition) is 2. The van der Waals surface area contributed by atoms with Gasteiger partial charge in [-0.2, -0.15) is 0 Å². The summed E-state index contributed by atoms with van der Waals surface area (Å²) in [7, 11) is 0. The molecular weight excluding hydrogens is 202 g/mol. The van der Waals surface area contributed by atoms with Gasteiger partial charge in [-0.25, -0.2) is 5.01 Å². The molecule has 1 saturated heterocycles. The lowest BCUT2D eigenvalue weighted by Gasteiger charge is -2.35. The number of hydrazine groups is 1. The zero-order valence-electron chi connectivity index (χ0n) is 9.07. The maximum absolute atomic E-state index is 12.1. The molecule has 16 heavy (non-hydrogen) atoms. The molecule has 4 nitrogen and oxygen atoms in total. The molecule has 0 bridgehead atoms. The van der Waals surface area contributed by atoms with Crippen molar-refractivity contribution in [1.29, 1.82) is 0 Å². The second kappa shape index (κ2) is 3.30. The molecule has 3 rings (SSSR count). The smallest absolute Gasteiger partial charge is 0.235 e. The fourth-order valence-corrected chi connectivity index (χ4v) is 2.78. The molecule has 0 atom stereocenters. The predicted octanol–water partition coefficient (Wildman–Crippen LogP) is 0.846. The van der Waals surface area contributed by atoms with Gasteiger partial charge in [0.25, 0.3) is 0 Å². The first-order valence-corrected chi connectivity index (χ1v) is 5.63. The van der Waals surface area contributed by atoms with Crippen LogP contribution in [0.5, 0.6) is 0 Å². The van der Waals surface area contributed by atoms with E-state index in [1.807, 2.05) is 18.2 Å². The number of benzene rings is 1. The maximum atomic E-state index is 12.1. The van der Waals surface area contributed by atoms with Gasteiger partial charge >= 0.3 is 0 Å². The van der Waals surface area contributed by atoms with Crippen LogP contribution in [0.1, 0.15) is 18.4 Å². The Bertz CT molecular complexity index is 436. The summed E-state index contributed by atoms with van der Waals surface area (Å²) in [6.45, 7) is 1.56. The fourth-order valence-electron chi connectivity index (χ4n) is 2.78. The lowest BCUT2D eigenvalue weighted by Crippen LogP contribution is -2.48. The second-order valence-corrected chi connectivity index (χ2v) is 4.62. The van der Waals surface area contributed by atoms with E-state index in [1.54, 1.807) is 5.01 Å². The summed E-state index contributed by atoms with van der Waals surface area (Å²) in [6.07, 6.45) is 1.62. The third kappa shape index (κ3) is 1.20. The number of nitrogens with one attached hydrogen (secondary N) is 1. The summed E-state index contributed by atoms with van der Waals surface area (Å²) in [4.78, 5) is 12.1. The lowest BCUT2D eigenvalue weighted by atomic mass is 9.74. The molecule has 0 radical (unpaired) electrons. The van der Waals surface area contributed by atoms with Crippen molar-refractivity contribution in [2.24, 2.45) is 5.84 Å². The van der Waals surface area contributed by atoms with E-state index < -0.39 is 0 Å². The zero-order chi connectivity index (χ0) is 11.2. The van der Waals surface area contributed by atoms with E-state index in [0.717, 1.165) is 37.2 Å². The Kier molecular flexibility index (Phi) is 2.02. The molecule has 1 spiro atoms. The molecule has 2 heterocycles. The molecule has 3 N–H and O–H groups in total. The van der Waals surface area contributed by atoms with Crippen LogP contribution in [0.2, 0.25) is 0 Å². The van der Waals surface area contributed by atoms with Crippen molar-refractivity contribution in [3.8, 4) is 0 Å². The van der Waals surface area contributed by atoms with Crippen LogP contribution in [0.3, 0.4) is 0 Å². The van der Waals surface area contributed by atoms with Crippen molar-refractivity contribution in [2.45, 2.75) is 18.3 Å². The molecule has 4 heteroatoms. The van der Waals surface area contributed by atoms with Gasteiger partial charge in [-0.05, 0) is 24.5 Å². The molecule has 0 aliphatic carbocycles. The largest absolute Gasteiger partial charge is 0.325 e. The van der Waals surface area contributed by atoms with Gasteiger partial charge in [-0.15, -0.1) is 0 Å². The highest BCUT2D eigenvalue weighted by atomic mass is 16.2. The highest BCUT2D eigenvalue weighted by molar-refractivity contribution is 6.06. The fraction of sp³-hybridized carbons (Fsp3) is 0.417. The van der Waals surface area contributed by atoms with Gasteiger partial charge in [0, 0.05) is 18.8 Å². The number of rotatable bonds is 0. The van der Waals surface area contributed by atoms with Crippen LogP contribution in [0, 0.1) is 0 Å². The van der Waals surface area contributed by atoms with Crippen LogP contribution in [-0.4, -0.2) is 24.0 Å². The number of fused-ring (bicyclic) bond motifs is 2. The minimum Gasteiger partial charge on any atom is -0.325 e. The SMILES string of the molecule is NN1CCC2(CC1)C(=O)Nc1ccccc12. The standard InChI is InChI=1S/C12H15N3O/c13-15-7-5-12(6-8-15)9-3-1-2-4-10(9)14-11(12)16/h1-4H,5-8,13H2,(H,14,16). The van der Waals surface area contributed by atoms with E-state index in [4.69, 9.17) is 5.84 Å². The summed E-state index contributed by atoms with van der Waals surface area (Å²) >= 11 is 0. The Hall–Kier alpha value is -1.39. The van der Waals surface area contributed by atoms with Crippen molar-refractivity contribution >= 4 is 11.6 Å². The molecule has 1 fully saturated rings. The van der Waals surface area contributed by atoms with Crippen molar-refractivity contribution in [2.75, 3.05) is 18.4 Å². The van der Waals surface area contributed by atoms with Gasteiger partial charge in [0.05, 0.1) is 5.41 Å². The van der Waals surface area contributed by atoms with Crippen molar-refractivity contribution in [3.05, 3.63) is 29.8 Å². The van der Waals surface area contributed by atoms with E-state index in [9.17, 15) is 4.79 Å². The van der Waals surface area contributed by atoms with Crippen LogP contribution in [0.15, 0.2) is 24.3 Å². The summed E-state index contributed by atoms with van der Waals surface area (Å²) in [5.74, 6) is 5.89. The van der Waals surface area contributed by atoms with Gasteiger partial charge in [0.2, 0.25) is 5.91 Å². The highest BCUT2D eigenvalue weighted by Gasteiger charge is 2.47. The molecule has 1 aromatic rings. The summed E-state index contributed by atoms with van der Waals surface area (Å²) in [5, 5.41) is 4.77. The van der Waals surface area contributed by atoms with Gasteiger partial charge in [0.15, 0.2) is 0 Å². The number of para-hydroxylation sites is 1. The van der Waals surface area contributed by atoms with E-state index in [1.165, 1.54) is 0 Å². The maximum Gasteiger partial charge on any atom is 0.235 e. The molecule has 1 amide bonds. The highest BCUT2D eigenvalue weighted by Crippen LogP contribution is 2.44. The van der Waals surface area contributed by atoms with E-state index >= 15 is 0 Å². The van der Waals surface area contributed by atoms with E-state index in [0.29, 0.717) is 0 Å². The Labute approximate surface area is 94.4 Å². The summed E-state index contributed by atoms with van der Waals surface area (Å²) < 4.78 is 0. The number of nitrogens with zero attached hydrogens (tertiary/aromatic N) is 1. The number of nitrogens with two attached hydrogens (primary N) is 1. The quantitative estimate of drug-likeness (QED) is 0.633. The molecule has 0 saturated carbocycles. The predicted molar refractivity (Wildman–Crippen MR) is 61.7 cm³/mol. The van der Waals surface area contributed by atoms with Gasteiger partial charge < -0.3 is 5.32 Å². The number of carbonyl (C=O) groups is 1. The first-order valence-electron chi connectivity index (χ1n) is 5.63. The minimum absolute atomic E-state index is 0.141. The van der Waals surface area contributed by atoms with Crippen molar-refractivity contribution in [3.63, 3.8) is 0 Å². The van der Waals surface area contributed by atoms with Gasteiger partial charge in [-0.3, -0.25) is 10.6 Å². The second-order valence-electron chi connectivity index (χ2n) is 4.62. The molecule has 84 valence electrons. The minimum atomic E-state index is -0.327. The topological polar surface area (TPSA) is 58.4 Å². The Morgan fingerprint density at radius 2 is 1.94 bits per heavy atom. The Morgan fingerprint density at radius 1 is 1.25 bits per heavy atom. The van der Waals surface area contributed by atoms with E-state index in [-0.39, 0.29) is 11.3 Å². The zero-order valence-corrected chi connectivity index (χ0v) is 9.07. The number of carbonyl (C=O) groups excluding carboxylic acids is 1. The average Bonchev–Trinajstić information content (AvgIpc) is 2.57. The summed E-state index contributed by atoms with van der Waals surface area (Å²) in [6, 6.07) is 7.97. The Morgan fingerprint density at radius 3 is 2.69 bits per heavy atom. The summed E-state index contributed by atoms with van der Waals surface area (Å²) in [5.41, 5.74) is 1.79. The normalized spacial score (nSPS) is 23.2. The van der Waals surface area contributed by atoms with Gasteiger partial charge in [0.1, 0.15) is 0 Å². The van der Waals surface area contributed by atoms with Crippen molar-refractivity contribution < 1.29 is 4.79 Å². The lowest BCUT2D eigenvalue weighted by molar-refractivity contribution is -0.122. The van der Waals surface area contributed by atoms with Crippen LogP contribution in [0.4, 0.5) is 5.69 Å². The molecule has 0 unspecified atom stereocenters. The van der Waals surface area contributed by atoms with Crippen LogP contribution in [-0.2, 0) is 10.2 Å². The first kappa shape index (κ1) is 9.81. The number of amides is 1. The molecular formula is C12H15N3O. The third-order valence-corrected chi connectivity index (χ3v) is 3.78. The average molecular weight is 217 g/mol. The van der Waals surface area contributed by atoms with Crippen LogP contribution < -0.4 is 11.2 Å². The van der Waals surface area contributed by atoms with Gasteiger partial charge in [-0.1, -0.05) is 18.2 Å². The molecule has 0 aromatic heterocycles. The molecule has 2 aliphatic rings. The first-order chi connectivity index (χ1) is 7.72. The van der Waals surface area contributed by atoms with Crippen molar-refractivity contribution in [1.82, 2.24) is 5.01 Å². The monoisotopic (exact) mass is 217 g/mol. The number of piperidine rings is 1. The molecule has 2 aliphatic heterocycles. The Balaban J connectivity index is 2.04. The third-order valence-electron chi connectivity index (χ3n) is 3.78. The number of anilines is 1. The number of hydrogen-bond acceptors (Lipinski definition) is 3. The van der Waals surface area contributed by atoms with Crippen LogP contribution >= 0.6 is 0 Å².